The first-order chi connectivity index (χ1) is 9.67. The lowest BCUT2D eigenvalue weighted by atomic mass is 10.2. The van der Waals surface area contributed by atoms with Crippen molar-refractivity contribution in [3.05, 3.63) is 39.2 Å². The fourth-order valence-corrected chi connectivity index (χ4v) is 2.38. The van der Waals surface area contributed by atoms with Crippen molar-refractivity contribution >= 4 is 21.6 Å². The van der Waals surface area contributed by atoms with E-state index in [0.29, 0.717) is 16.7 Å². The Balaban J connectivity index is 2.25. The van der Waals surface area contributed by atoms with E-state index in [4.69, 9.17) is 0 Å². The van der Waals surface area contributed by atoms with Gasteiger partial charge < -0.3 is 10.3 Å². The monoisotopic (exact) mass is 339 g/mol. The minimum atomic E-state index is -0.119. The Morgan fingerprint density at radius 3 is 2.90 bits per heavy atom. The SMILES string of the molecule is CCCn1ncc(NC(CC)c2ncc[nH]2)c(Br)c1=O. The van der Waals surface area contributed by atoms with Crippen LogP contribution in [0.5, 0.6) is 0 Å². The summed E-state index contributed by atoms with van der Waals surface area (Å²) in [6.07, 6.45) is 6.89. The van der Waals surface area contributed by atoms with Crippen molar-refractivity contribution in [2.75, 3.05) is 5.32 Å². The lowest BCUT2D eigenvalue weighted by Crippen LogP contribution is -2.25. The van der Waals surface area contributed by atoms with Crippen LogP contribution in [0, 0.1) is 0 Å². The Kier molecular flexibility index (Phi) is 4.94. The number of nitrogens with zero attached hydrogens (tertiary/aromatic N) is 3. The number of anilines is 1. The zero-order chi connectivity index (χ0) is 14.5. The number of hydrogen-bond donors (Lipinski definition) is 2. The molecule has 2 aromatic rings. The van der Waals surface area contributed by atoms with Gasteiger partial charge in [0.25, 0.3) is 5.56 Å². The maximum absolute atomic E-state index is 12.1. The maximum atomic E-state index is 12.1. The van der Waals surface area contributed by atoms with E-state index < -0.39 is 0 Å². The van der Waals surface area contributed by atoms with E-state index in [2.05, 4.69) is 43.2 Å². The van der Waals surface area contributed by atoms with Crippen molar-refractivity contribution in [3.8, 4) is 0 Å². The van der Waals surface area contributed by atoms with Gasteiger partial charge >= 0.3 is 0 Å². The molecule has 2 heterocycles. The van der Waals surface area contributed by atoms with Gasteiger partial charge in [0.2, 0.25) is 0 Å². The normalized spacial score (nSPS) is 12.3. The van der Waals surface area contributed by atoms with Crippen molar-refractivity contribution in [1.29, 1.82) is 0 Å². The summed E-state index contributed by atoms with van der Waals surface area (Å²) in [5.74, 6) is 0.845. The second-order valence-electron chi connectivity index (χ2n) is 4.48. The first-order valence-corrected chi connectivity index (χ1v) is 7.48. The molecule has 108 valence electrons. The van der Waals surface area contributed by atoms with Gasteiger partial charge in [-0.1, -0.05) is 13.8 Å². The zero-order valence-electron chi connectivity index (χ0n) is 11.6. The number of H-pyrrole nitrogens is 1. The molecule has 0 spiro atoms. The van der Waals surface area contributed by atoms with Gasteiger partial charge in [-0.25, -0.2) is 9.67 Å². The van der Waals surface area contributed by atoms with Gasteiger partial charge in [-0.3, -0.25) is 4.79 Å². The van der Waals surface area contributed by atoms with Crippen LogP contribution in [0.25, 0.3) is 0 Å². The van der Waals surface area contributed by atoms with Crippen LogP contribution in [0.1, 0.15) is 38.6 Å². The average molecular weight is 340 g/mol. The summed E-state index contributed by atoms with van der Waals surface area (Å²) in [6.45, 7) is 4.69. The third-order valence-electron chi connectivity index (χ3n) is 3.01. The van der Waals surface area contributed by atoms with Gasteiger partial charge in [0.05, 0.1) is 17.9 Å². The molecule has 1 atom stereocenters. The maximum Gasteiger partial charge on any atom is 0.283 e. The second kappa shape index (κ2) is 6.69. The molecule has 2 aromatic heterocycles. The standard InChI is InChI=1S/C13H18BrN5O/c1-3-7-19-13(20)11(14)10(8-17-19)18-9(4-2)12-15-5-6-16-12/h5-6,8-9,18H,3-4,7H2,1-2H3,(H,15,16). The molecule has 0 bridgehead atoms. The summed E-state index contributed by atoms with van der Waals surface area (Å²) < 4.78 is 1.97. The Morgan fingerprint density at radius 1 is 1.50 bits per heavy atom. The highest BCUT2D eigenvalue weighted by Crippen LogP contribution is 2.23. The Labute approximate surface area is 125 Å². The molecule has 1 unspecified atom stereocenters. The quantitative estimate of drug-likeness (QED) is 0.848. The van der Waals surface area contributed by atoms with Gasteiger partial charge in [0.1, 0.15) is 10.3 Å². The topological polar surface area (TPSA) is 75.6 Å². The van der Waals surface area contributed by atoms with Gasteiger partial charge in [0.15, 0.2) is 0 Å². The molecule has 0 aromatic carbocycles. The van der Waals surface area contributed by atoms with Crippen LogP contribution in [-0.4, -0.2) is 19.7 Å². The molecule has 0 saturated heterocycles. The molecule has 7 heteroatoms. The van der Waals surface area contributed by atoms with Crippen molar-refractivity contribution in [2.45, 2.75) is 39.3 Å². The first kappa shape index (κ1) is 14.8. The lowest BCUT2D eigenvalue weighted by Gasteiger charge is -2.17. The molecule has 2 N–H and O–H groups in total. The smallest absolute Gasteiger partial charge is 0.283 e. The molecule has 0 aliphatic carbocycles. The highest BCUT2D eigenvalue weighted by atomic mass is 79.9. The van der Waals surface area contributed by atoms with Gasteiger partial charge in [-0.05, 0) is 28.8 Å². The van der Waals surface area contributed by atoms with Crippen LogP contribution in [0.4, 0.5) is 5.69 Å². The van der Waals surface area contributed by atoms with Crippen LogP contribution in [0.3, 0.4) is 0 Å². The van der Waals surface area contributed by atoms with E-state index in [9.17, 15) is 4.79 Å². The van der Waals surface area contributed by atoms with Crippen molar-refractivity contribution in [1.82, 2.24) is 19.7 Å². The third kappa shape index (κ3) is 3.09. The van der Waals surface area contributed by atoms with Gasteiger partial charge in [0, 0.05) is 18.9 Å². The number of hydrogen-bond acceptors (Lipinski definition) is 4. The largest absolute Gasteiger partial charge is 0.373 e. The number of imidazole rings is 1. The van der Waals surface area contributed by atoms with Crippen molar-refractivity contribution in [2.24, 2.45) is 0 Å². The molecule has 0 aliphatic heterocycles. The summed E-state index contributed by atoms with van der Waals surface area (Å²) >= 11 is 3.36. The molecular weight excluding hydrogens is 322 g/mol. The molecule has 2 rings (SSSR count). The number of aromatic nitrogens is 4. The highest BCUT2D eigenvalue weighted by molar-refractivity contribution is 9.10. The van der Waals surface area contributed by atoms with E-state index in [-0.39, 0.29) is 11.6 Å². The van der Waals surface area contributed by atoms with Crippen LogP contribution < -0.4 is 10.9 Å². The Bertz CT molecular complexity index is 608. The van der Waals surface area contributed by atoms with Crippen LogP contribution in [-0.2, 0) is 6.54 Å². The predicted molar refractivity (Wildman–Crippen MR) is 81.7 cm³/mol. The number of aryl methyl sites for hydroxylation is 1. The molecule has 6 nitrogen and oxygen atoms in total. The first-order valence-electron chi connectivity index (χ1n) is 6.68. The molecule has 0 amide bonds. The molecule has 0 aliphatic rings. The highest BCUT2D eigenvalue weighted by Gasteiger charge is 2.15. The Morgan fingerprint density at radius 2 is 2.30 bits per heavy atom. The zero-order valence-corrected chi connectivity index (χ0v) is 13.1. The van der Waals surface area contributed by atoms with E-state index in [1.165, 1.54) is 4.68 Å². The third-order valence-corrected chi connectivity index (χ3v) is 3.77. The van der Waals surface area contributed by atoms with Crippen molar-refractivity contribution in [3.63, 3.8) is 0 Å². The van der Waals surface area contributed by atoms with Gasteiger partial charge in [-0.2, -0.15) is 5.10 Å². The molecule has 20 heavy (non-hydrogen) atoms. The molecule has 0 fully saturated rings. The summed E-state index contributed by atoms with van der Waals surface area (Å²) in [7, 11) is 0. The minimum Gasteiger partial charge on any atom is -0.373 e. The Hall–Kier alpha value is -1.63. The molecule has 0 saturated carbocycles. The number of rotatable bonds is 6. The van der Waals surface area contributed by atoms with Crippen LogP contribution >= 0.6 is 15.9 Å². The predicted octanol–water partition coefficient (Wildman–Crippen LogP) is 2.70. The van der Waals surface area contributed by atoms with E-state index in [1.54, 1.807) is 18.6 Å². The van der Waals surface area contributed by atoms with Crippen LogP contribution in [0.15, 0.2) is 27.9 Å². The summed E-state index contributed by atoms with van der Waals surface area (Å²) in [6, 6.07) is 0.0181. The number of aromatic amines is 1. The van der Waals surface area contributed by atoms with E-state index >= 15 is 0 Å². The lowest BCUT2D eigenvalue weighted by molar-refractivity contribution is 0.564. The van der Waals surface area contributed by atoms with E-state index in [0.717, 1.165) is 18.7 Å². The minimum absolute atomic E-state index is 0.0181. The average Bonchev–Trinajstić information content (AvgIpc) is 2.97. The van der Waals surface area contributed by atoms with E-state index in [1.807, 2.05) is 6.92 Å². The van der Waals surface area contributed by atoms with Crippen LogP contribution in [0.2, 0.25) is 0 Å². The van der Waals surface area contributed by atoms with Crippen molar-refractivity contribution < 1.29 is 0 Å². The fraction of sp³-hybridized carbons (Fsp3) is 0.462. The summed E-state index contributed by atoms with van der Waals surface area (Å²) in [4.78, 5) is 19.5. The van der Waals surface area contributed by atoms with Gasteiger partial charge in [-0.15, -0.1) is 0 Å². The number of nitrogens with one attached hydrogen (secondary N) is 2. The summed E-state index contributed by atoms with van der Waals surface area (Å²) in [5.41, 5.74) is 0.566. The second-order valence-corrected chi connectivity index (χ2v) is 5.27. The molecule has 0 radical (unpaired) electrons. The fourth-order valence-electron chi connectivity index (χ4n) is 1.96. The summed E-state index contributed by atoms with van der Waals surface area (Å²) in [5, 5.41) is 7.47. The number of halogens is 1. The molecular formula is C13H18BrN5O.